The summed E-state index contributed by atoms with van der Waals surface area (Å²) in [5, 5.41) is 3.37. The molecule has 2 amide bonds. The van der Waals surface area contributed by atoms with Crippen LogP contribution >= 0.6 is 0 Å². The van der Waals surface area contributed by atoms with Crippen molar-refractivity contribution in [2.75, 3.05) is 26.2 Å². The Bertz CT molecular complexity index is 183. The molecule has 0 saturated carbocycles. The van der Waals surface area contributed by atoms with Gasteiger partial charge in [-0.1, -0.05) is 0 Å². The first-order valence-corrected chi connectivity index (χ1v) is 4.51. The molecule has 2 fully saturated rings. The van der Waals surface area contributed by atoms with Crippen LogP contribution in [0.5, 0.6) is 0 Å². The minimum Gasteiger partial charge on any atom is -0.351 e. The molecule has 0 spiro atoms. The fourth-order valence-electron chi connectivity index (χ4n) is 2.29. The van der Waals surface area contributed by atoms with E-state index < -0.39 is 0 Å². The number of carbonyl (C=O) groups is 1. The van der Waals surface area contributed by atoms with Gasteiger partial charge in [-0.25, -0.2) is 4.79 Å². The molecule has 0 aromatic carbocycles. The van der Waals surface area contributed by atoms with Gasteiger partial charge in [0, 0.05) is 13.1 Å². The minimum absolute atomic E-state index is 0.258. The number of amides is 2. The largest absolute Gasteiger partial charge is 0.351 e. The van der Waals surface area contributed by atoms with Gasteiger partial charge in [0.05, 0.1) is 0 Å². The first-order chi connectivity index (χ1) is 5.75. The first kappa shape index (κ1) is 7.86. The van der Waals surface area contributed by atoms with E-state index in [0.29, 0.717) is 11.8 Å². The van der Waals surface area contributed by atoms with E-state index in [1.54, 1.807) is 4.90 Å². The van der Waals surface area contributed by atoms with Crippen molar-refractivity contribution in [3.05, 3.63) is 0 Å². The van der Waals surface area contributed by atoms with Crippen molar-refractivity contribution in [3.63, 3.8) is 0 Å². The Balaban J connectivity index is 2.00. The maximum absolute atomic E-state index is 10.9. The van der Waals surface area contributed by atoms with Gasteiger partial charge in [-0.3, -0.25) is 0 Å². The van der Waals surface area contributed by atoms with E-state index in [2.05, 4.69) is 5.32 Å². The Kier molecular flexibility index (Phi) is 1.92. The Labute approximate surface area is 72.1 Å². The average Bonchev–Trinajstić information content (AvgIpc) is 2.03. The summed E-state index contributed by atoms with van der Waals surface area (Å²) in [6, 6.07) is -0.258. The molecule has 2 aliphatic heterocycles. The molecule has 0 aromatic rings. The third-order valence-electron chi connectivity index (χ3n) is 2.80. The summed E-state index contributed by atoms with van der Waals surface area (Å²) < 4.78 is 0. The Morgan fingerprint density at radius 1 is 1.33 bits per heavy atom. The van der Waals surface area contributed by atoms with Crippen molar-refractivity contribution in [2.45, 2.75) is 6.42 Å². The van der Waals surface area contributed by atoms with E-state index in [0.717, 1.165) is 26.2 Å². The maximum Gasteiger partial charge on any atom is 0.314 e. The molecule has 0 aliphatic carbocycles. The van der Waals surface area contributed by atoms with Crippen molar-refractivity contribution in [1.82, 2.24) is 10.2 Å². The van der Waals surface area contributed by atoms with Gasteiger partial charge in [0.25, 0.3) is 0 Å². The lowest BCUT2D eigenvalue weighted by atomic mass is 9.86. The van der Waals surface area contributed by atoms with Crippen LogP contribution in [0.3, 0.4) is 0 Å². The monoisotopic (exact) mass is 169 g/mol. The number of hydrogen-bond donors (Lipinski definition) is 2. The highest BCUT2D eigenvalue weighted by Gasteiger charge is 2.31. The molecule has 4 heteroatoms. The Morgan fingerprint density at radius 2 is 1.92 bits per heavy atom. The predicted molar refractivity (Wildman–Crippen MR) is 45.6 cm³/mol. The second-order valence-electron chi connectivity index (χ2n) is 3.87. The maximum atomic E-state index is 10.9. The van der Waals surface area contributed by atoms with Crippen molar-refractivity contribution in [2.24, 2.45) is 17.6 Å². The molecule has 2 heterocycles. The van der Waals surface area contributed by atoms with Gasteiger partial charge in [0.15, 0.2) is 0 Å². The van der Waals surface area contributed by atoms with Crippen molar-refractivity contribution >= 4 is 6.03 Å². The summed E-state index contributed by atoms with van der Waals surface area (Å²) in [6.45, 7) is 3.78. The van der Waals surface area contributed by atoms with Crippen LogP contribution in [0.4, 0.5) is 4.79 Å². The highest BCUT2D eigenvalue weighted by Crippen LogP contribution is 2.23. The molecule has 12 heavy (non-hydrogen) atoms. The van der Waals surface area contributed by atoms with Crippen LogP contribution in [-0.4, -0.2) is 37.1 Å². The molecule has 4 nitrogen and oxygen atoms in total. The number of rotatable bonds is 0. The number of piperidine rings is 2. The van der Waals surface area contributed by atoms with Crippen molar-refractivity contribution in [1.29, 1.82) is 0 Å². The van der Waals surface area contributed by atoms with Gasteiger partial charge in [-0.15, -0.1) is 0 Å². The number of urea groups is 1. The second-order valence-corrected chi connectivity index (χ2v) is 3.87. The summed E-state index contributed by atoms with van der Waals surface area (Å²) in [5.41, 5.74) is 5.24. The number of nitrogens with two attached hydrogens (primary N) is 1. The quantitative estimate of drug-likeness (QED) is 0.518. The van der Waals surface area contributed by atoms with Crippen LogP contribution < -0.4 is 11.1 Å². The predicted octanol–water partition coefficient (Wildman–Crippen LogP) is -0.394. The SMILES string of the molecule is NC(=O)N1CC2CNCC(C2)C1. The van der Waals surface area contributed by atoms with Crippen LogP contribution in [0.25, 0.3) is 0 Å². The fourth-order valence-corrected chi connectivity index (χ4v) is 2.29. The number of carbonyl (C=O) groups excluding carboxylic acids is 1. The molecule has 2 saturated heterocycles. The number of fused-ring (bicyclic) bond motifs is 2. The van der Waals surface area contributed by atoms with Crippen molar-refractivity contribution < 1.29 is 4.79 Å². The average molecular weight is 169 g/mol. The van der Waals surface area contributed by atoms with Crippen LogP contribution in [0.1, 0.15) is 6.42 Å². The van der Waals surface area contributed by atoms with Gasteiger partial charge in [0.2, 0.25) is 0 Å². The lowest BCUT2D eigenvalue weighted by Crippen LogP contribution is -2.54. The molecule has 3 N–H and O–H groups in total. The molecular formula is C8H15N3O. The fraction of sp³-hybridized carbons (Fsp3) is 0.875. The molecule has 2 atom stereocenters. The molecule has 68 valence electrons. The van der Waals surface area contributed by atoms with E-state index in [-0.39, 0.29) is 6.03 Å². The van der Waals surface area contributed by atoms with E-state index >= 15 is 0 Å². The summed E-state index contributed by atoms with van der Waals surface area (Å²) in [5.74, 6) is 1.26. The highest BCUT2D eigenvalue weighted by molar-refractivity contribution is 5.72. The molecule has 2 bridgehead atoms. The zero-order chi connectivity index (χ0) is 8.55. The van der Waals surface area contributed by atoms with E-state index in [4.69, 9.17) is 5.73 Å². The number of nitrogens with one attached hydrogen (secondary N) is 1. The van der Waals surface area contributed by atoms with Crippen LogP contribution in [-0.2, 0) is 0 Å². The lowest BCUT2D eigenvalue weighted by Gasteiger charge is -2.40. The van der Waals surface area contributed by atoms with Gasteiger partial charge in [0.1, 0.15) is 0 Å². The van der Waals surface area contributed by atoms with Gasteiger partial charge in [-0.2, -0.15) is 0 Å². The van der Waals surface area contributed by atoms with E-state index in [9.17, 15) is 4.79 Å². The Hall–Kier alpha value is -0.770. The summed E-state index contributed by atoms with van der Waals surface area (Å²) >= 11 is 0. The van der Waals surface area contributed by atoms with E-state index in [1.807, 2.05) is 0 Å². The van der Waals surface area contributed by atoms with Crippen molar-refractivity contribution in [3.8, 4) is 0 Å². The lowest BCUT2D eigenvalue weighted by molar-refractivity contribution is 0.118. The number of hydrogen-bond acceptors (Lipinski definition) is 2. The van der Waals surface area contributed by atoms with Crippen LogP contribution in [0, 0.1) is 11.8 Å². The summed E-state index contributed by atoms with van der Waals surface area (Å²) in [6.07, 6.45) is 1.26. The molecule has 0 radical (unpaired) electrons. The zero-order valence-electron chi connectivity index (χ0n) is 7.12. The first-order valence-electron chi connectivity index (χ1n) is 4.51. The number of primary amides is 1. The van der Waals surface area contributed by atoms with Gasteiger partial charge < -0.3 is 16.0 Å². The van der Waals surface area contributed by atoms with Crippen LogP contribution in [0.15, 0.2) is 0 Å². The smallest absolute Gasteiger partial charge is 0.314 e. The summed E-state index contributed by atoms with van der Waals surface area (Å²) in [4.78, 5) is 12.7. The molecule has 2 aliphatic rings. The summed E-state index contributed by atoms with van der Waals surface area (Å²) in [7, 11) is 0. The van der Waals surface area contributed by atoms with Gasteiger partial charge >= 0.3 is 6.03 Å². The topological polar surface area (TPSA) is 58.4 Å². The van der Waals surface area contributed by atoms with Gasteiger partial charge in [-0.05, 0) is 31.3 Å². The molecule has 2 rings (SSSR count). The van der Waals surface area contributed by atoms with Crippen LogP contribution in [0.2, 0.25) is 0 Å². The Morgan fingerprint density at radius 3 is 2.42 bits per heavy atom. The number of nitrogens with zero attached hydrogens (tertiary/aromatic N) is 1. The normalized spacial score (nSPS) is 34.8. The third kappa shape index (κ3) is 1.39. The second kappa shape index (κ2) is 2.94. The van der Waals surface area contributed by atoms with E-state index in [1.165, 1.54) is 6.42 Å². The minimum atomic E-state index is -0.258. The third-order valence-corrected chi connectivity index (χ3v) is 2.80. The standard InChI is InChI=1S/C8H15N3O/c9-8(12)11-4-6-1-7(5-11)3-10-2-6/h6-7,10H,1-5H2,(H2,9,12). The molecule has 0 aromatic heterocycles. The number of likely N-dealkylation sites (tertiary alicyclic amines) is 1. The molecular weight excluding hydrogens is 154 g/mol. The highest BCUT2D eigenvalue weighted by atomic mass is 16.2. The molecule has 2 unspecified atom stereocenters. The zero-order valence-corrected chi connectivity index (χ0v) is 7.12.